The van der Waals surface area contributed by atoms with E-state index in [1.54, 1.807) is 0 Å². The molecule has 1 aliphatic carbocycles. The number of nitrogens with one attached hydrogen (secondary N) is 1. The standard InChI is InChI=1S/C8H18N2.2ClH/c1-7-3-2-4-8(5-7)6-10-9;;/h7-8,10H,2-6,9H2,1H3;2*1H. The van der Waals surface area contributed by atoms with Gasteiger partial charge in [-0.1, -0.05) is 19.8 Å². The van der Waals surface area contributed by atoms with Crippen molar-refractivity contribution in [3.63, 3.8) is 0 Å². The first-order chi connectivity index (χ1) is 4.83. The predicted octanol–water partition coefficient (Wildman–Crippen LogP) is 2.12. The zero-order chi connectivity index (χ0) is 7.40. The van der Waals surface area contributed by atoms with Crippen LogP contribution in [0.15, 0.2) is 0 Å². The molecule has 1 aliphatic rings. The van der Waals surface area contributed by atoms with Crippen LogP contribution in [0.4, 0.5) is 0 Å². The lowest BCUT2D eigenvalue weighted by atomic mass is 9.82. The molecule has 1 rings (SSSR count). The quantitative estimate of drug-likeness (QED) is 0.547. The van der Waals surface area contributed by atoms with E-state index in [1.165, 1.54) is 25.7 Å². The maximum atomic E-state index is 5.25. The number of hydrogen-bond acceptors (Lipinski definition) is 2. The lowest BCUT2D eigenvalue weighted by Crippen LogP contribution is -2.31. The average molecular weight is 215 g/mol. The highest BCUT2D eigenvalue weighted by Crippen LogP contribution is 2.27. The summed E-state index contributed by atoms with van der Waals surface area (Å²) in [6.45, 7) is 3.34. The number of hydrazine groups is 1. The van der Waals surface area contributed by atoms with Gasteiger partial charge in [0.1, 0.15) is 0 Å². The van der Waals surface area contributed by atoms with Crippen LogP contribution >= 0.6 is 24.8 Å². The van der Waals surface area contributed by atoms with E-state index in [2.05, 4.69) is 12.3 Å². The number of halogens is 2. The van der Waals surface area contributed by atoms with Gasteiger partial charge in [-0.2, -0.15) is 0 Å². The zero-order valence-corrected chi connectivity index (χ0v) is 9.22. The second-order valence-corrected chi connectivity index (χ2v) is 3.55. The van der Waals surface area contributed by atoms with Crippen molar-refractivity contribution in [2.24, 2.45) is 17.7 Å². The van der Waals surface area contributed by atoms with Crippen LogP contribution in [0, 0.1) is 11.8 Å². The van der Waals surface area contributed by atoms with Crippen LogP contribution in [0.25, 0.3) is 0 Å². The molecule has 0 aromatic heterocycles. The third-order valence-electron chi connectivity index (χ3n) is 2.45. The summed E-state index contributed by atoms with van der Waals surface area (Å²) < 4.78 is 0. The molecule has 0 aromatic carbocycles. The van der Waals surface area contributed by atoms with Crippen molar-refractivity contribution in [3.05, 3.63) is 0 Å². The van der Waals surface area contributed by atoms with Gasteiger partial charge in [-0.05, 0) is 24.7 Å². The maximum absolute atomic E-state index is 5.25. The van der Waals surface area contributed by atoms with Gasteiger partial charge >= 0.3 is 0 Å². The van der Waals surface area contributed by atoms with Crippen molar-refractivity contribution in [2.45, 2.75) is 32.6 Å². The van der Waals surface area contributed by atoms with Crippen molar-refractivity contribution in [2.75, 3.05) is 6.54 Å². The molecule has 3 N–H and O–H groups in total. The third-order valence-corrected chi connectivity index (χ3v) is 2.45. The highest BCUT2D eigenvalue weighted by molar-refractivity contribution is 5.85. The molecule has 2 unspecified atom stereocenters. The highest BCUT2D eigenvalue weighted by Gasteiger charge is 2.17. The summed E-state index contributed by atoms with van der Waals surface area (Å²) in [4.78, 5) is 0. The van der Waals surface area contributed by atoms with Crippen LogP contribution in [-0.4, -0.2) is 6.54 Å². The average Bonchev–Trinajstić information content (AvgIpc) is 1.88. The Morgan fingerprint density at radius 1 is 1.33 bits per heavy atom. The molecule has 1 fully saturated rings. The molecule has 0 radical (unpaired) electrons. The van der Waals surface area contributed by atoms with Crippen molar-refractivity contribution in [1.29, 1.82) is 0 Å². The normalized spacial score (nSPS) is 28.5. The fourth-order valence-corrected chi connectivity index (χ4v) is 1.91. The van der Waals surface area contributed by atoms with Gasteiger partial charge in [-0.3, -0.25) is 11.3 Å². The van der Waals surface area contributed by atoms with Crippen molar-refractivity contribution < 1.29 is 0 Å². The van der Waals surface area contributed by atoms with Gasteiger partial charge < -0.3 is 0 Å². The Kier molecular flexibility index (Phi) is 10.1. The van der Waals surface area contributed by atoms with E-state index < -0.39 is 0 Å². The third kappa shape index (κ3) is 5.20. The van der Waals surface area contributed by atoms with Crippen LogP contribution in [0.5, 0.6) is 0 Å². The molecule has 0 heterocycles. The molecule has 0 spiro atoms. The van der Waals surface area contributed by atoms with E-state index in [0.29, 0.717) is 0 Å². The molecule has 0 aliphatic heterocycles. The molecular formula is C8H20Cl2N2. The lowest BCUT2D eigenvalue weighted by molar-refractivity contribution is 0.275. The Morgan fingerprint density at radius 3 is 2.50 bits per heavy atom. The molecule has 0 aromatic rings. The Hall–Kier alpha value is 0.500. The van der Waals surface area contributed by atoms with Gasteiger partial charge in [0.2, 0.25) is 0 Å². The van der Waals surface area contributed by atoms with Gasteiger partial charge in [0.05, 0.1) is 0 Å². The second-order valence-electron chi connectivity index (χ2n) is 3.55. The van der Waals surface area contributed by atoms with Gasteiger partial charge in [0, 0.05) is 6.54 Å². The molecule has 1 saturated carbocycles. The highest BCUT2D eigenvalue weighted by atomic mass is 35.5. The van der Waals surface area contributed by atoms with Crippen molar-refractivity contribution in [1.82, 2.24) is 5.43 Å². The first-order valence-electron chi connectivity index (χ1n) is 4.26. The Labute approximate surface area is 87.5 Å². The fourth-order valence-electron chi connectivity index (χ4n) is 1.91. The van der Waals surface area contributed by atoms with E-state index in [9.17, 15) is 0 Å². The Balaban J connectivity index is 0. The summed E-state index contributed by atoms with van der Waals surface area (Å²) >= 11 is 0. The molecule has 4 heteroatoms. The van der Waals surface area contributed by atoms with Crippen LogP contribution in [0.2, 0.25) is 0 Å². The summed E-state index contributed by atoms with van der Waals surface area (Å²) in [5.74, 6) is 7.02. The SMILES string of the molecule is CC1CCCC(CNN)C1.Cl.Cl. The predicted molar refractivity (Wildman–Crippen MR) is 57.8 cm³/mol. The van der Waals surface area contributed by atoms with Gasteiger partial charge in [0.15, 0.2) is 0 Å². The minimum atomic E-state index is 0. The van der Waals surface area contributed by atoms with Crippen LogP contribution < -0.4 is 11.3 Å². The molecule has 0 bridgehead atoms. The first-order valence-corrected chi connectivity index (χ1v) is 4.26. The molecule has 0 amide bonds. The summed E-state index contributed by atoms with van der Waals surface area (Å²) in [6.07, 6.45) is 5.55. The Morgan fingerprint density at radius 2 is 2.00 bits per heavy atom. The molecule has 2 nitrogen and oxygen atoms in total. The molecule has 12 heavy (non-hydrogen) atoms. The first kappa shape index (κ1) is 15.0. The van der Waals surface area contributed by atoms with E-state index in [-0.39, 0.29) is 24.8 Å². The van der Waals surface area contributed by atoms with E-state index in [4.69, 9.17) is 5.84 Å². The van der Waals surface area contributed by atoms with Crippen molar-refractivity contribution in [3.8, 4) is 0 Å². The smallest absolute Gasteiger partial charge is 0.0126 e. The monoisotopic (exact) mass is 214 g/mol. The van der Waals surface area contributed by atoms with Gasteiger partial charge in [-0.15, -0.1) is 24.8 Å². The maximum Gasteiger partial charge on any atom is 0.0126 e. The summed E-state index contributed by atoms with van der Waals surface area (Å²) in [7, 11) is 0. The number of rotatable bonds is 2. The van der Waals surface area contributed by atoms with Crippen molar-refractivity contribution >= 4 is 24.8 Å². The number of nitrogens with two attached hydrogens (primary N) is 1. The van der Waals surface area contributed by atoms with E-state index in [1.807, 2.05) is 0 Å². The zero-order valence-electron chi connectivity index (χ0n) is 7.58. The minimum absolute atomic E-state index is 0. The van der Waals surface area contributed by atoms with Crippen LogP contribution in [0.1, 0.15) is 32.6 Å². The summed E-state index contributed by atoms with van der Waals surface area (Å²) in [6, 6.07) is 0. The summed E-state index contributed by atoms with van der Waals surface area (Å²) in [5, 5.41) is 0. The molecule has 76 valence electrons. The minimum Gasteiger partial charge on any atom is -0.271 e. The molecule has 2 atom stereocenters. The fraction of sp³-hybridized carbons (Fsp3) is 1.00. The lowest BCUT2D eigenvalue weighted by Gasteiger charge is -2.25. The van der Waals surface area contributed by atoms with Gasteiger partial charge in [-0.25, -0.2) is 0 Å². The molecular weight excluding hydrogens is 195 g/mol. The molecule has 0 saturated heterocycles. The van der Waals surface area contributed by atoms with Crippen LogP contribution in [-0.2, 0) is 0 Å². The van der Waals surface area contributed by atoms with E-state index >= 15 is 0 Å². The topological polar surface area (TPSA) is 38.0 Å². The second kappa shape index (κ2) is 8.11. The summed E-state index contributed by atoms with van der Waals surface area (Å²) in [5.41, 5.74) is 2.76. The Bertz CT molecular complexity index is 99.1. The van der Waals surface area contributed by atoms with Gasteiger partial charge in [0.25, 0.3) is 0 Å². The number of hydrogen-bond donors (Lipinski definition) is 2. The van der Waals surface area contributed by atoms with Crippen LogP contribution in [0.3, 0.4) is 0 Å². The largest absolute Gasteiger partial charge is 0.271 e. The van der Waals surface area contributed by atoms with E-state index in [0.717, 1.165) is 18.4 Å².